The first-order valence-corrected chi connectivity index (χ1v) is 18.4. The first-order chi connectivity index (χ1) is 20.3. The Labute approximate surface area is 259 Å². The zero-order chi connectivity index (χ0) is 31.2. The third kappa shape index (κ3) is 29.8. The van der Waals surface area contributed by atoms with Gasteiger partial charge in [0.2, 0.25) is 5.91 Å². The predicted octanol–water partition coefficient (Wildman–Crippen LogP) is 9.18. The summed E-state index contributed by atoms with van der Waals surface area (Å²) in [5.41, 5.74) is 0. The van der Waals surface area contributed by atoms with Crippen molar-refractivity contribution in [3.05, 3.63) is 48.6 Å². The molecule has 2 unspecified atom stereocenters. The number of carbonyl (C=O) groups excluding carboxylic acids is 1. The van der Waals surface area contributed by atoms with E-state index in [9.17, 15) is 22.9 Å². The maximum absolute atomic E-state index is 12.4. The largest absolute Gasteiger partial charge is 0.387 e. The molecule has 0 aliphatic heterocycles. The highest BCUT2D eigenvalue weighted by Gasteiger charge is 2.24. The van der Waals surface area contributed by atoms with Crippen molar-refractivity contribution in [1.82, 2.24) is 5.32 Å². The molecule has 42 heavy (non-hydrogen) atoms. The molecule has 1 amide bonds. The summed E-state index contributed by atoms with van der Waals surface area (Å²) in [6.45, 7) is 4.44. The topological polar surface area (TPSA) is 104 Å². The van der Waals surface area contributed by atoms with E-state index in [0.29, 0.717) is 12.8 Å². The summed E-state index contributed by atoms with van der Waals surface area (Å²) in [5, 5.41) is 13.1. The number of rotatable bonds is 29. The molecule has 0 aromatic carbocycles. The van der Waals surface area contributed by atoms with E-state index < -0.39 is 28.0 Å². The molecule has 3 N–H and O–H groups in total. The Morgan fingerprint density at radius 1 is 0.619 bits per heavy atom. The molecule has 0 heterocycles. The van der Waals surface area contributed by atoms with Crippen LogP contribution in [0.2, 0.25) is 0 Å². The molecule has 0 spiro atoms. The molecule has 0 radical (unpaired) electrons. The van der Waals surface area contributed by atoms with Gasteiger partial charge in [-0.05, 0) is 64.2 Å². The summed E-state index contributed by atoms with van der Waals surface area (Å²) >= 11 is 0. The number of amides is 1. The molecule has 0 saturated carbocycles. The minimum atomic E-state index is -4.35. The van der Waals surface area contributed by atoms with Crippen LogP contribution in [-0.2, 0) is 14.9 Å². The van der Waals surface area contributed by atoms with Gasteiger partial charge >= 0.3 is 0 Å². The fraction of sp³-hybridized carbons (Fsp3) is 0.743. The van der Waals surface area contributed by atoms with Crippen molar-refractivity contribution in [3.63, 3.8) is 0 Å². The van der Waals surface area contributed by atoms with Crippen LogP contribution in [0, 0.1) is 0 Å². The molecule has 2 atom stereocenters. The van der Waals surface area contributed by atoms with E-state index in [0.717, 1.165) is 57.8 Å². The lowest BCUT2D eigenvalue weighted by atomic mass is 10.1. The quantitative estimate of drug-likeness (QED) is 0.0446. The molecule has 0 saturated heterocycles. The normalized spacial score (nSPS) is 14.1. The Kier molecular flexibility index (Phi) is 28.2. The van der Waals surface area contributed by atoms with Crippen LogP contribution in [0.5, 0.6) is 0 Å². The zero-order valence-electron chi connectivity index (χ0n) is 26.9. The average molecular weight is 610 g/mol. The van der Waals surface area contributed by atoms with Crippen LogP contribution in [0.1, 0.15) is 149 Å². The highest BCUT2D eigenvalue weighted by Crippen LogP contribution is 2.10. The molecular weight excluding hydrogens is 546 g/mol. The predicted molar refractivity (Wildman–Crippen MR) is 179 cm³/mol. The molecule has 0 aromatic rings. The van der Waals surface area contributed by atoms with Crippen molar-refractivity contribution in [2.75, 3.05) is 5.75 Å². The minimum Gasteiger partial charge on any atom is -0.387 e. The van der Waals surface area contributed by atoms with Gasteiger partial charge in [-0.25, -0.2) is 0 Å². The SMILES string of the molecule is CCCC/C=C\CCCCCCCC(=O)NC(CS(=O)(=O)O)C(O)/C=C/CC/C=C/CC/C=C/CCCCCCCC. The van der Waals surface area contributed by atoms with Crippen molar-refractivity contribution in [2.24, 2.45) is 0 Å². The van der Waals surface area contributed by atoms with E-state index in [1.54, 1.807) is 6.08 Å². The fourth-order valence-corrected chi connectivity index (χ4v) is 5.37. The van der Waals surface area contributed by atoms with E-state index in [2.05, 4.69) is 55.6 Å². The summed E-state index contributed by atoms with van der Waals surface area (Å²) in [5.74, 6) is -1.03. The lowest BCUT2D eigenvalue weighted by molar-refractivity contribution is -0.122. The van der Waals surface area contributed by atoms with E-state index in [1.807, 2.05) is 0 Å². The summed E-state index contributed by atoms with van der Waals surface area (Å²) in [7, 11) is -4.35. The number of hydrogen-bond donors (Lipinski definition) is 3. The highest BCUT2D eigenvalue weighted by atomic mass is 32.2. The minimum absolute atomic E-state index is 0.272. The second-order valence-electron chi connectivity index (χ2n) is 11.4. The molecule has 6 nitrogen and oxygen atoms in total. The van der Waals surface area contributed by atoms with Gasteiger partial charge in [0.05, 0.1) is 17.9 Å². The van der Waals surface area contributed by atoms with Crippen molar-refractivity contribution in [3.8, 4) is 0 Å². The number of allylic oxidation sites excluding steroid dienone is 7. The van der Waals surface area contributed by atoms with Crippen molar-refractivity contribution < 1.29 is 22.9 Å². The molecule has 0 aromatic heterocycles. The van der Waals surface area contributed by atoms with Gasteiger partial charge < -0.3 is 10.4 Å². The number of unbranched alkanes of at least 4 members (excludes halogenated alkanes) is 15. The smallest absolute Gasteiger partial charge is 0.267 e. The number of carbonyl (C=O) groups is 1. The molecule has 7 heteroatoms. The second-order valence-corrected chi connectivity index (χ2v) is 12.9. The van der Waals surface area contributed by atoms with Crippen LogP contribution in [0.15, 0.2) is 48.6 Å². The maximum atomic E-state index is 12.4. The second kappa shape index (κ2) is 29.4. The lowest BCUT2D eigenvalue weighted by Crippen LogP contribution is -2.46. The summed E-state index contributed by atoms with van der Waals surface area (Å²) in [4.78, 5) is 12.4. The Hall–Kier alpha value is -1.70. The molecule has 0 aliphatic rings. The van der Waals surface area contributed by atoms with Crippen LogP contribution in [0.25, 0.3) is 0 Å². The zero-order valence-corrected chi connectivity index (χ0v) is 27.7. The van der Waals surface area contributed by atoms with E-state index >= 15 is 0 Å². The van der Waals surface area contributed by atoms with Gasteiger partial charge in [0.25, 0.3) is 10.1 Å². The Balaban J connectivity index is 4.15. The van der Waals surface area contributed by atoms with Gasteiger partial charge in [0.1, 0.15) is 0 Å². The fourth-order valence-electron chi connectivity index (χ4n) is 4.64. The van der Waals surface area contributed by atoms with Gasteiger partial charge in [0.15, 0.2) is 0 Å². The number of hydrogen-bond acceptors (Lipinski definition) is 4. The van der Waals surface area contributed by atoms with Gasteiger partial charge in [-0.1, -0.05) is 127 Å². The molecule has 0 fully saturated rings. The first-order valence-electron chi connectivity index (χ1n) is 16.8. The highest BCUT2D eigenvalue weighted by molar-refractivity contribution is 7.85. The summed E-state index contributed by atoms with van der Waals surface area (Å²) in [6.07, 6.45) is 38.1. The van der Waals surface area contributed by atoms with Crippen LogP contribution in [0.3, 0.4) is 0 Å². The summed E-state index contributed by atoms with van der Waals surface area (Å²) in [6, 6.07) is -1.08. The number of aliphatic hydroxyl groups excluding tert-OH is 1. The van der Waals surface area contributed by atoms with Crippen LogP contribution >= 0.6 is 0 Å². The molecular formula is C35H63NO5S. The maximum Gasteiger partial charge on any atom is 0.267 e. The Morgan fingerprint density at radius 3 is 1.57 bits per heavy atom. The van der Waals surface area contributed by atoms with E-state index in [-0.39, 0.29) is 12.3 Å². The monoisotopic (exact) mass is 609 g/mol. The standard InChI is InChI=1S/C35H63NO5S/c1-3-5-7-9-11-13-15-16-17-18-19-21-22-24-26-28-30-34(37)33(32-42(39,40)41)36-35(38)31-29-27-25-23-20-14-12-10-8-6-4-2/h10,12,16-17,21-22,28,30,33-34,37H,3-9,11,13-15,18-20,23-27,29,31-32H2,1-2H3,(H,36,38)(H,39,40,41)/b12-10-,17-16+,22-21+,30-28+. The summed E-state index contributed by atoms with van der Waals surface area (Å²) < 4.78 is 32.2. The van der Waals surface area contributed by atoms with Crippen molar-refractivity contribution >= 4 is 16.0 Å². The van der Waals surface area contributed by atoms with Crippen LogP contribution in [-0.4, -0.2) is 41.9 Å². The van der Waals surface area contributed by atoms with Gasteiger partial charge in [0, 0.05) is 6.42 Å². The number of nitrogens with one attached hydrogen (secondary N) is 1. The molecule has 0 bridgehead atoms. The molecule has 244 valence electrons. The Morgan fingerprint density at radius 2 is 1.05 bits per heavy atom. The Bertz CT molecular complexity index is 847. The van der Waals surface area contributed by atoms with Crippen molar-refractivity contribution in [2.45, 2.75) is 161 Å². The first kappa shape index (κ1) is 40.3. The van der Waals surface area contributed by atoms with E-state index in [1.165, 1.54) is 63.9 Å². The van der Waals surface area contributed by atoms with Crippen LogP contribution in [0.4, 0.5) is 0 Å². The van der Waals surface area contributed by atoms with Gasteiger partial charge in [-0.3, -0.25) is 9.35 Å². The average Bonchev–Trinajstić information content (AvgIpc) is 2.94. The van der Waals surface area contributed by atoms with E-state index in [4.69, 9.17) is 0 Å². The third-order valence-corrected chi connectivity index (χ3v) is 7.99. The van der Waals surface area contributed by atoms with Gasteiger partial charge in [-0.2, -0.15) is 8.42 Å². The van der Waals surface area contributed by atoms with Crippen molar-refractivity contribution in [1.29, 1.82) is 0 Å². The molecule has 0 aliphatic carbocycles. The van der Waals surface area contributed by atoms with Gasteiger partial charge in [-0.15, -0.1) is 0 Å². The number of aliphatic hydroxyl groups is 1. The van der Waals surface area contributed by atoms with Crippen LogP contribution < -0.4 is 5.32 Å². The molecule has 0 rings (SSSR count). The lowest BCUT2D eigenvalue weighted by Gasteiger charge is -2.21. The third-order valence-electron chi connectivity index (χ3n) is 7.21.